The van der Waals surface area contributed by atoms with Gasteiger partial charge in [-0.2, -0.15) is 0 Å². The van der Waals surface area contributed by atoms with Crippen LogP contribution < -0.4 is 4.90 Å². The summed E-state index contributed by atoms with van der Waals surface area (Å²) in [6, 6.07) is 22.4. The molecule has 162 valence electrons. The molecule has 6 nitrogen and oxygen atoms in total. The van der Waals surface area contributed by atoms with Crippen LogP contribution in [-0.2, 0) is 14.3 Å². The average Bonchev–Trinajstić information content (AvgIpc) is 3.41. The molecule has 3 aliphatic rings. The van der Waals surface area contributed by atoms with E-state index in [1.807, 2.05) is 6.07 Å². The zero-order valence-corrected chi connectivity index (χ0v) is 19.3. The number of nitrogens with zero attached hydrogens (tertiary/aromatic N) is 1. The third-order valence-electron chi connectivity index (χ3n) is 6.73. The molecule has 7 heteroatoms. The third-order valence-corrected chi connectivity index (χ3v) is 7.45. The Balaban J connectivity index is 1.55. The molecule has 3 aromatic rings. The number of ether oxygens (including phenoxy) is 1. The summed E-state index contributed by atoms with van der Waals surface area (Å²) in [6.07, 6.45) is -0.899. The Morgan fingerprint density at radius 2 is 1.30 bits per heavy atom. The molecule has 0 aromatic heterocycles. The molecular weight excluding hydrogens is 533 g/mol. The lowest BCUT2D eigenvalue weighted by molar-refractivity contribution is -0.127. The molecule has 2 fully saturated rings. The largest absolute Gasteiger partial charge is 0.349 e. The van der Waals surface area contributed by atoms with Gasteiger partial charge in [-0.25, -0.2) is 4.90 Å². The van der Waals surface area contributed by atoms with Crippen molar-refractivity contribution >= 4 is 51.7 Å². The van der Waals surface area contributed by atoms with Crippen molar-refractivity contribution in [2.45, 2.75) is 11.7 Å². The SMILES string of the molecule is O=C1[C@H]2[C@H](c3ccccc3)OC3(C(=O)c4ccccc4C3=O)[C@H]2C(=O)N1c1ccc(I)cc1. The molecule has 2 aliphatic heterocycles. The summed E-state index contributed by atoms with van der Waals surface area (Å²) in [5.41, 5.74) is -0.533. The summed E-state index contributed by atoms with van der Waals surface area (Å²) in [5, 5.41) is 0. The van der Waals surface area contributed by atoms with E-state index >= 15 is 0 Å². The van der Waals surface area contributed by atoms with Gasteiger partial charge < -0.3 is 4.74 Å². The van der Waals surface area contributed by atoms with Gasteiger partial charge in [0.2, 0.25) is 29.0 Å². The molecule has 2 heterocycles. The first-order valence-corrected chi connectivity index (χ1v) is 11.6. The normalized spacial score (nSPS) is 25.1. The lowest BCUT2D eigenvalue weighted by atomic mass is 9.77. The van der Waals surface area contributed by atoms with Gasteiger partial charge >= 0.3 is 0 Å². The van der Waals surface area contributed by atoms with E-state index in [1.54, 1.807) is 72.8 Å². The Morgan fingerprint density at radius 1 is 0.727 bits per heavy atom. The average molecular weight is 549 g/mol. The highest BCUT2D eigenvalue weighted by Gasteiger charge is 2.74. The Labute approximate surface area is 202 Å². The molecule has 2 amide bonds. The second kappa shape index (κ2) is 7.16. The number of carbonyl (C=O) groups is 4. The summed E-state index contributed by atoms with van der Waals surface area (Å²) in [6.45, 7) is 0. The molecule has 1 spiro atoms. The fourth-order valence-corrected chi connectivity index (χ4v) is 5.67. The van der Waals surface area contributed by atoms with Crippen molar-refractivity contribution in [1.29, 1.82) is 0 Å². The van der Waals surface area contributed by atoms with E-state index in [4.69, 9.17) is 4.74 Å². The van der Waals surface area contributed by atoms with Crippen LogP contribution in [-0.4, -0.2) is 29.0 Å². The standard InChI is InChI=1S/C26H16INO5/c27-15-10-12-16(13-11-15)28-24(31)19-20(25(28)32)26(33-21(19)14-6-2-1-3-7-14)22(29)17-8-4-5-9-18(17)23(26)30/h1-13,19-21H/t19-,20-,21+/m1/s1. The molecule has 3 aromatic carbocycles. The first-order valence-electron chi connectivity index (χ1n) is 10.5. The van der Waals surface area contributed by atoms with Gasteiger partial charge in [0.05, 0.1) is 23.6 Å². The van der Waals surface area contributed by atoms with Gasteiger partial charge in [0.1, 0.15) is 0 Å². The summed E-state index contributed by atoms with van der Waals surface area (Å²) in [5.74, 6) is -4.37. The van der Waals surface area contributed by atoms with E-state index < -0.39 is 46.9 Å². The molecule has 0 saturated carbocycles. The van der Waals surface area contributed by atoms with Gasteiger partial charge in [-0.3, -0.25) is 19.2 Å². The zero-order chi connectivity index (χ0) is 22.9. The summed E-state index contributed by atoms with van der Waals surface area (Å²) in [7, 11) is 0. The van der Waals surface area contributed by atoms with Gasteiger partial charge in [0.25, 0.3) is 0 Å². The van der Waals surface area contributed by atoms with E-state index in [2.05, 4.69) is 22.6 Å². The fraction of sp³-hybridized carbons (Fsp3) is 0.154. The number of Topliss-reactive ketones (excluding diaryl/α,β-unsaturated/α-hetero) is 2. The molecule has 2 saturated heterocycles. The smallest absolute Gasteiger partial charge is 0.241 e. The Bertz CT molecular complexity index is 1320. The minimum atomic E-state index is -2.04. The highest BCUT2D eigenvalue weighted by atomic mass is 127. The number of halogens is 1. The Morgan fingerprint density at radius 3 is 1.91 bits per heavy atom. The van der Waals surface area contributed by atoms with Crippen LogP contribution in [0.15, 0.2) is 78.9 Å². The monoisotopic (exact) mass is 549 g/mol. The van der Waals surface area contributed by atoms with Gasteiger partial charge in [-0.1, -0.05) is 54.6 Å². The maximum absolute atomic E-state index is 13.8. The first-order chi connectivity index (χ1) is 15.9. The molecule has 3 atom stereocenters. The van der Waals surface area contributed by atoms with Gasteiger partial charge in [0.15, 0.2) is 0 Å². The zero-order valence-electron chi connectivity index (χ0n) is 17.1. The molecule has 6 rings (SSSR count). The van der Waals surface area contributed by atoms with Crippen LogP contribution in [0.4, 0.5) is 5.69 Å². The minimum absolute atomic E-state index is 0.225. The van der Waals surface area contributed by atoms with Crippen LogP contribution in [0.25, 0.3) is 0 Å². The highest BCUT2D eigenvalue weighted by Crippen LogP contribution is 2.57. The van der Waals surface area contributed by atoms with Crippen LogP contribution in [0.1, 0.15) is 32.4 Å². The number of amides is 2. The molecular formula is C26H16INO5. The summed E-state index contributed by atoms with van der Waals surface area (Å²) < 4.78 is 7.20. The van der Waals surface area contributed by atoms with E-state index in [-0.39, 0.29) is 11.1 Å². The summed E-state index contributed by atoms with van der Waals surface area (Å²) in [4.78, 5) is 55.9. The van der Waals surface area contributed by atoms with Crippen molar-refractivity contribution in [2.75, 3.05) is 4.90 Å². The van der Waals surface area contributed by atoms with Crippen molar-refractivity contribution < 1.29 is 23.9 Å². The van der Waals surface area contributed by atoms with Crippen molar-refractivity contribution in [1.82, 2.24) is 0 Å². The number of carbonyl (C=O) groups excluding carboxylic acids is 4. The predicted molar refractivity (Wildman–Crippen MR) is 127 cm³/mol. The molecule has 0 radical (unpaired) electrons. The fourth-order valence-electron chi connectivity index (χ4n) is 5.31. The van der Waals surface area contributed by atoms with Crippen molar-refractivity contribution in [2.24, 2.45) is 11.8 Å². The van der Waals surface area contributed by atoms with Gasteiger partial charge in [-0.05, 0) is 52.4 Å². The second-order valence-electron chi connectivity index (χ2n) is 8.38. The third kappa shape index (κ3) is 2.63. The molecule has 0 unspecified atom stereocenters. The molecule has 0 bridgehead atoms. The van der Waals surface area contributed by atoms with Crippen LogP contribution in [0, 0.1) is 15.4 Å². The van der Waals surface area contributed by atoms with Crippen molar-refractivity contribution in [3.8, 4) is 0 Å². The molecule has 33 heavy (non-hydrogen) atoms. The Hall–Kier alpha value is -3.17. The molecule has 0 N–H and O–H groups in total. The number of benzene rings is 3. The minimum Gasteiger partial charge on any atom is -0.349 e. The van der Waals surface area contributed by atoms with E-state index in [0.717, 1.165) is 8.47 Å². The predicted octanol–water partition coefficient (Wildman–Crippen LogP) is 3.99. The number of anilines is 1. The second-order valence-corrected chi connectivity index (χ2v) is 9.63. The lowest BCUT2D eigenvalue weighted by Gasteiger charge is -2.27. The van der Waals surface area contributed by atoms with Gasteiger partial charge in [0, 0.05) is 14.7 Å². The van der Waals surface area contributed by atoms with Crippen LogP contribution in [0.5, 0.6) is 0 Å². The Kier molecular flexibility index (Phi) is 4.44. The quantitative estimate of drug-likeness (QED) is 0.275. The van der Waals surface area contributed by atoms with Crippen molar-refractivity contribution in [3.63, 3.8) is 0 Å². The number of fused-ring (bicyclic) bond motifs is 3. The molecule has 1 aliphatic carbocycles. The maximum atomic E-state index is 13.8. The van der Waals surface area contributed by atoms with Crippen molar-refractivity contribution in [3.05, 3.63) is 99.1 Å². The summed E-state index contributed by atoms with van der Waals surface area (Å²) >= 11 is 2.14. The van der Waals surface area contributed by atoms with Crippen LogP contribution >= 0.6 is 22.6 Å². The van der Waals surface area contributed by atoms with Crippen LogP contribution in [0.2, 0.25) is 0 Å². The number of ketones is 2. The number of imide groups is 1. The number of rotatable bonds is 2. The topological polar surface area (TPSA) is 80.8 Å². The number of hydrogen-bond acceptors (Lipinski definition) is 5. The number of hydrogen-bond donors (Lipinski definition) is 0. The van der Waals surface area contributed by atoms with E-state index in [0.29, 0.717) is 11.3 Å². The van der Waals surface area contributed by atoms with Gasteiger partial charge in [-0.15, -0.1) is 0 Å². The highest BCUT2D eigenvalue weighted by molar-refractivity contribution is 14.1. The first kappa shape index (κ1) is 20.4. The lowest BCUT2D eigenvalue weighted by Crippen LogP contribution is -2.51. The van der Waals surface area contributed by atoms with E-state index in [1.165, 1.54) is 0 Å². The van der Waals surface area contributed by atoms with Crippen LogP contribution in [0.3, 0.4) is 0 Å². The van der Waals surface area contributed by atoms with E-state index in [9.17, 15) is 19.2 Å². The maximum Gasteiger partial charge on any atom is 0.241 e.